The highest BCUT2D eigenvalue weighted by atomic mass is 32.2. The van der Waals surface area contributed by atoms with Crippen molar-refractivity contribution >= 4 is 16.0 Å². The van der Waals surface area contributed by atoms with E-state index < -0.39 is 10.0 Å². The largest absolute Gasteiger partial charge is 0.334 e. The lowest BCUT2D eigenvalue weighted by Crippen LogP contribution is -2.17. The van der Waals surface area contributed by atoms with Gasteiger partial charge in [0, 0.05) is 24.6 Å². The van der Waals surface area contributed by atoms with Crippen LogP contribution in [-0.4, -0.2) is 37.7 Å². The standard InChI is InChI=1S/C14H17N7O2S/c1-10(2)20-8-13(16-9-20)24(22,23)19-14-17-11(3)18-21(14)12-4-6-15-7-5-12/h4-10H,1-3H3,(H,17,18,19). The highest BCUT2D eigenvalue weighted by Crippen LogP contribution is 2.18. The summed E-state index contributed by atoms with van der Waals surface area (Å²) in [5.74, 6) is 0.537. The van der Waals surface area contributed by atoms with Crippen molar-refractivity contribution in [3.8, 4) is 5.69 Å². The van der Waals surface area contributed by atoms with Crippen molar-refractivity contribution in [2.45, 2.75) is 31.8 Å². The molecule has 9 nitrogen and oxygen atoms in total. The fourth-order valence-electron chi connectivity index (χ4n) is 2.06. The molecule has 10 heteroatoms. The van der Waals surface area contributed by atoms with E-state index in [2.05, 4.69) is 24.8 Å². The molecule has 1 N–H and O–H groups in total. The minimum atomic E-state index is -3.86. The van der Waals surface area contributed by atoms with E-state index >= 15 is 0 Å². The van der Waals surface area contributed by atoms with Gasteiger partial charge in [0.2, 0.25) is 5.95 Å². The van der Waals surface area contributed by atoms with Gasteiger partial charge in [0.15, 0.2) is 5.03 Å². The average molecular weight is 347 g/mol. The number of nitrogens with zero attached hydrogens (tertiary/aromatic N) is 6. The summed E-state index contributed by atoms with van der Waals surface area (Å²) in [6.45, 7) is 5.56. The SMILES string of the molecule is Cc1nc(NS(=O)(=O)c2cn(C(C)C)cn2)n(-c2ccncc2)n1. The summed E-state index contributed by atoms with van der Waals surface area (Å²) < 4.78 is 30.7. The summed E-state index contributed by atoms with van der Waals surface area (Å²) >= 11 is 0. The second kappa shape index (κ2) is 6.04. The number of aromatic nitrogens is 6. The zero-order valence-electron chi connectivity index (χ0n) is 13.4. The molecule has 3 aromatic heterocycles. The monoisotopic (exact) mass is 347 g/mol. The molecule has 0 aromatic carbocycles. The van der Waals surface area contributed by atoms with Crippen molar-refractivity contribution in [2.75, 3.05) is 4.72 Å². The number of nitrogens with one attached hydrogen (secondary N) is 1. The Labute approximate surface area is 139 Å². The summed E-state index contributed by atoms with van der Waals surface area (Å²) in [6.07, 6.45) is 6.15. The number of rotatable bonds is 5. The van der Waals surface area contributed by atoms with Gasteiger partial charge in [0.05, 0.1) is 12.0 Å². The van der Waals surface area contributed by atoms with E-state index in [0.717, 1.165) is 0 Å². The van der Waals surface area contributed by atoms with Crippen LogP contribution in [-0.2, 0) is 10.0 Å². The molecule has 0 aliphatic heterocycles. The molecule has 0 aliphatic rings. The minimum absolute atomic E-state index is 0.0712. The van der Waals surface area contributed by atoms with Gasteiger partial charge in [-0.3, -0.25) is 4.98 Å². The molecule has 24 heavy (non-hydrogen) atoms. The van der Waals surface area contributed by atoms with Gasteiger partial charge in [-0.1, -0.05) is 0 Å². The molecule has 3 rings (SSSR count). The normalized spacial score (nSPS) is 11.8. The highest BCUT2D eigenvalue weighted by Gasteiger charge is 2.22. The number of anilines is 1. The van der Waals surface area contributed by atoms with Gasteiger partial charge < -0.3 is 4.57 Å². The first-order chi connectivity index (χ1) is 11.4. The van der Waals surface area contributed by atoms with E-state index in [4.69, 9.17) is 0 Å². The van der Waals surface area contributed by atoms with Crippen LogP contribution in [0.2, 0.25) is 0 Å². The Kier molecular flexibility index (Phi) is 4.06. The van der Waals surface area contributed by atoms with Crippen molar-refractivity contribution in [3.05, 3.63) is 42.9 Å². The molecule has 0 unspecified atom stereocenters. The summed E-state index contributed by atoms with van der Waals surface area (Å²) in [5, 5.41) is 4.15. The third kappa shape index (κ3) is 3.13. The number of sulfonamides is 1. The molecule has 0 aliphatic carbocycles. The molecule has 0 saturated heterocycles. The first kappa shape index (κ1) is 16.1. The zero-order chi connectivity index (χ0) is 17.3. The first-order valence-electron chi connectivity index (χ1n) is 7.27. The topological polar surface area (TPSA) is 108 Å². The molecule has 0 amide bonds. The maximum absolute atomic E-state index is 12.5. The van der Waals surface area contributed by atoms with Gasteiger partial charge in [0.25, 0.3) is 10.0 Å². The van der Waals surface area contributed by atoms with Crippen LogP contribution < -0.4 is 4.72 Å². The van der Waals surface area contributed by atoms with Gasteiger partial charge in [0.1, 0.15) is 5.82 Å². The minimum Gasteiger partial charge on any atom is -0.334 e. The van der Waals surface area contributed by atoms with E-state index in [9.17, 15) is 8.42 Å². The Balaban J connectivity index is 1.96. The van der Waals surface area contributed by atoms with Crippen molar-refractivity contribution < 1.29 is 8.42 Å². The summed E-state index contributed by atoms with van der Waals surface area (Å²) in [4.78, 5) is 12.0. The van der Waals surface area contributed by atoms with Gasteiger partial charge in [-0.05, 0) is 32.9 Å². The smallest absolute Gasteiger partial charge is 0.283 e. The maximum Gasteiger partial charge on any atom is 0.283 e. The quantitative estimate of drug-likeness (QED) is 0.750. The molecule has 0 radical (unpaired) electrons. The number of aryl methyl sites for hydroxylation is 1. The van der Waals surface area contributed by atoms with Crippen LogP contribution in [0.1, 0.15) is 25.7 Å². The molecule has 3 heterocycles. The molecule has 0 saturated carbocycles. The lowest BCUT2D eigenvalue weighted by molar-refractivity contribution is 0.591. The molecule has 3 aromatic rings. The predicted molar refractivity (Wildman–Crippen MR) is 87.3 cm³/mol. The fourth-order valence-corrected chi connectivity index (χ4v) is 2.98. The van der Waals surface area contributed by atoms with E-state index in [1.54, 1.807) is 36.0 Å². The van der Waals surface area contributed by atoms with Crippen LogP contribution >= 0.6 is 0 Å². The van der Waals surface area contributed by atoms with Gasteiger partial charge >= 0.3 is 0 Å². The second-order valence-corrected chi connectivity index (χ2v) is 7.09. The number of hydrogen-bond acceptors (Lipinski definition) is 6. The number of pyridine rings is 1. The van der Waals surface area contributed by atoms with Crippen LogP contribution in [0.4, 0.5) is 5.95 Å². The van der Waals surface area contributed by atoms with Gasteiger partial charge in [-0.15, -0.1) is 5.10 Å². The Morgan fingerprint density at radius 3 is 2.54 bits per heavy atom. The van der Waals surface area contributed by atoms with E-state index in [1.165, 1.54) is 17.2 Å². The Morgan fingerprint density at radius 2 is 1.92 bits per heavy atom. The van der Waals surface area contributed by atoms with Crippen LogP contribution in [0, 0.1) is 6.92 Å². The second-order valence-electron chi connectivity index (χ2n) is 5.46. The third-order valence-corrected chi connectivity index (χ3v) is 4.51. The van der Waals surface area contributed by atoms with E-state index in [-0.39, 0.29) is 17.0 Å². The van der Waals surface area contributed by atoms with Gasteiger partial charge in [-0.25, -0.2) is 9.71 Å². The highest BCUT2D eigenvalue weighted by molar-refractivity contribution is 7.92. The number of hydrogen-bond donors (Lipinski definition) is 1. The average Bonchev–Trinajstić information content (AvgIpc) is 3.15. The summed E-state index contributed by atoms with van der Waals surface area (Å²) in [6, 6.07) is 3.53. The molecular formula is C14H17N7O2S. The molecule has 0 bridgehead atoms. The van der Waals surface area contributed by atoms with E-state index in [0.29, 0.717) is 11.5 Å². The van der Waals surface area contributed by atoms with E-state index in [1.807, 2.05) is 13.8 Å². The van der Waals surface area contributed by atoms with Gasteiger partial charge in [-0.2, -0.15) is 18.1 Å². The Bertz CT molecular complexity index is 945. The van der Waals surface area contributed by atoms with Crippen LogP contribution in [0.3, 0.4) is 0 Å². The molecule has 0 fully saturated rings. The van der Waals surface area contributed by atoms with Crippen LogP contribution in [0.5, 0.6) is 0 Å². The fraction of sp³-hybridized carbons (Fsp3) is 0.286. The van der Waals surface area contributed by atoms with Crippen molar-refractivity contribution in [3.63, 3.8) is 0 Å². The third-order valence-electron chi connectivity index (χ3n) is 3.30. The molecule has 0 atom stereocenters. The van der Waals surface area contributed by atoms with Crippen molar-refractivity contribution in [1.82, 2.24) is 29.3 Å². The first-order valence-corrected chi connectivity index (χ1v) is 8.75. The number of imidazole rings is 1. The molecular weight excluding hydrogens is 330 g/mol. The predicted octanol–water partition coefficient (Wildman–Crippen LogP) is 1.55. The lowest BCUT2D eigenvalue weighted by atomic mass is 10.4. The summed E-state index contributed by atoms with van der Waals surface area (Å²) in [5.41, 5.74) is 0.649. The van der Waals surface area contributed by atoms with Crippen molar-refractivity contribution in [1.29, 1.82) is 0 Å². The molecule has 126 valence electrons. The Hall–Kier alpha value is -2.75. The van der Waals surface area contributed by atoms with Crippen LogP contribution in [0.25, 0.3) is 5.69 Å². The lowest BCUT2D eigenvalue weighted by Gasteiger charge is -2.07. The summed E-state index contributed by atoms with van der Waals surface area (Å²) in [7, 11) is -3.86. The molecule has 0 spiro atoms. The van der Waals surface area contributed by atoms with Crippen LogP contribution in [0.15, 0.2) is 42.1 Å². The Morgan fingerprint density at radius 1 is 1.21 bits per heavy atom. The maximum atomic E-state index is 12.5. The van der Waals surface area contributed by atoms with Crippen molar-refractivity contribution in [2.24, 2.45) is 0 Å². The zero-order valence-corrected chi connectivity index (χ0v) is 14.3.